The average Bonchev–Trinajstić information content (AvgIpc) is 2.48. The Kier molecular flexibility index (Phi) is 7.90. The normalized spacial score (nSPS) is 10.8. The van der Waals surface area contributed by atoms with E-state index in [0.29, 0.717) is 30.2 Å². The monoisotopic (exact) mass is 333 g/mol. The number of hydrogen-bond donors (Lipinski definition) is 2. The van der Waals surface area contributed by atoms with Gasteiger partial charge in [-0.2, -0.15) is 5.26 Å². The molecule has 6 heteroatoms. The van der Waals surface area contributed by atoms with Crippen LogP contribution in [0.4, 0.5) is 10.5 Å². The minimum Gasteiger partial charge on any atom is -0.492 e. The van der Waals surface area contributed by atoms with E-state index in [2.05, 4.69) is 11.4 Å². The van der Waals surface area contributed by atoms with Crippen LogP contribution in [0.2, 0.25) is 0 Å². The predicted octanol–water partition coefficient (Wildman–Crippen LogP) is 3.60. The molecule has 0 bridgehead atoms. The van der Waals surface area contributed by atoms with Crippen LogP contribution in [0.5, 0.6) is 5.75 Å². The number of carbonyl (C=O) groups excluding carboxylic acids is 1. The number of alkyl carbamates (subject to hydrolysis) is 1. The van der Waals surface area contributed by atoms with Gasteiger partial charge in [-0.3, -0.25) is 0 Å². The molecule has 0 saturated carbocycles. The fourth-order valence-electron chi connectivity index (χ4n) is 2.06. The number of benzene rings is 1. The second-order valence-electron chi connectivity index (χ2n) is 6.52. The van der Waals surface area contributed by atoms with Crippen LogP contribution >= 0.6 is 0 Å². The van der Waals surface area contributed by atoms with Crippen molar-refractivity contribution in [1.82, 2.24) is 5.32 Å². The number of nitrogen functional groups attached to an aromatic ring is 1. The number of nitrogens with two attached hydrogens (primary N) is 1. The van der Waals surface area contributed by atoms with Crippen molar-refractivity contribution in [2.24, 2.45) is 0 Å². The first-order chi connectivity index (χ1) is 11.3. The van der Waals surface area contributed by atoms with Crippen molar-refractivity contribution in [3.05, 3.63) is 23.8 Å². The Morgan fingerprint density at radius 3 is 2.62 bits per heavy atom. The van der Waals surface area contributed by atoms with Crippen LogP contribution in [0.25, 0.3) is 0 Å². The van der Waals surface area contributed by atoms with Gasteiger partial charge in [-0.05, 0) is 45.7 Å². The summed E-state index contributed by atoms with van der Waals surface area (Å²) in [6.45, 7) is 6.65. The van der Waals surface area contributed by atoms with Gasteiger partial charge in [0.2, 0.25) is 0 Å². The molecule has 0 aliphatic rings. The number of hydrogen-bond acceptors (Lipinski definition) is 5. The van der Waals surface area contributed by atoms with E-state index >= 15 is 0 Å². The molecular formula is C18H27N3O3. The van der Waals surface area contributed by atoms with Crippen LogP contribution in [-0.4, -0.2) is 24.8 Å². The summed E-state index contributed by atoms with van der Waals surface area (Å²) >= 11 is 0. The maximum atomic E-state index is 11.4. The molecular weight excluding hydrogens is 306 g/mol. The smallest absolute Gasteiger partial charge is 0.407 e. The maximum absolute atomic E-state index is 11.4. The zero-order valence-electron chi connectivity index (χ0n) is 14.7. The van der Waals surface area contributed by atoms with Gasteiger partial charge in [-0.15, -0.1) is 0 Å². The van der Waals surface area contributed by atoms with Gasteiger partial charge in [-0.25, -0.2) is 4.79 Å². The summed E-state index contributed by atoms with van der Waals surface area (Å²) in [4.78, 5) is 11.4. The molecule has 1 rings (SSSR count). The summed E-state index contributed by atoms with van der Waals surface area (Å²) in [6, 6.07) is 7.26. The molecule has 0 unspecified atom stereocenters. The number of anilines is 1. The second kappa shape index (κ2) is 9.66. The lowest BCUT2D eigenvalue weighted by Gasteiger charge is -2.19. The third kappa shape index (κ3) is 7.73. The maximum Gasteiger partial charge on any atom is 0.407 e. The number of rotatable bonds is 8. The molecule has 1 aromatic rings. The Morgan fingerprint density at radius 1 is 1.25 bits per heavy atom. The van der Waals surface area contributed by atoms with E-state index in [1.165, 1.54) is 0 Å². The number of nitrogens with zero attached hydrogens (tertiary/aromatic N) is 1. The minimum absolute atomic E-state index is 0.378. The number of nitrogens with one attached hydrogen (secondary N) is 1. The summed E-state index contributed by atoms with van der Waals surface area (Å²) in [5, 5.41) is 11.8. The topological polar surface area (TPSA) is 97.4 Å². The van der Waals surface area contributed by atoms with Gasteiger partial charge in [0.25, 0.3) is 0 Å². The molecule has 0 atom stereocenters. The predicted molar refractivity (Wildman–Crippen MR) is 93.8 cm³/mol. The first-order valence-electron chi connectivity index (χ1n) is 8.22. The summed E-state index contributed by atoms with van der Waals surface area (Å²) in [5.41, 5.74) is 6.09. The minimum atomic E-state index is -0.468. The van der Waals surface area contributed by atoms with Gasteiger partial charge >= 0.3 is 6.09 Å². The van der Waals surface area contributed by atoms with Crippen molar-refractivity contribution < 1.29 is 14.3 Å². The summed E-state index contributed by atoms with van der Waals surface area (Å²) in [5.74, 6) is 0.532. The van der Waals surface area contributed by atoms with E-state index < -0.39 is 5.60 Å². The van der Waals surface area contributed by atoms with E-state index in [4.69, 9.17) is 20.5 Å². The number of unbranched alkanes of at least 4 members (excludes halogenated alkanes) is 3. The first kappa shape index (κ1) is 19.6. The van der Waals surface area contributed by atoms with Crippen molar-refractivity contribution >= 4 is 11.8 Å². The Bertz CT molecular complexity index is 574. The SMILES string of the molecule is CC(C)(C)OC(=O)NCCCCCCOc1cccc(N)c1C#N. The molecule has 24 heavy (non-hydrogen) atoms. The molecule has 0 fully saturated rings. The Balaban J connectivity index is 2.11. The van der Waals surface area contributed by atoms with Gasteiger partial charge in [-0.1, -0.05) is 18.9 Å². The number of amides is 1. The molecule has 0 radical (unpaired) electrons. The van der Waals surface area contributed by atoms with Crippen molar-refractivity contribution in [1.29, 1.82) is 5.26 Å². The van der Waals surface area contributed by atoms with Crippen LogP contribution in [0, 0.1) is 11.3 Å². The quantitative estimate of drug-likeness (QED) is 0.559. The standard InChI is InChI=1S/C18H27N3O3/c1-18(2,3)24-17(22)21-11-6-4-5-7-12-23-16-10-8-9-15(20)14(16)13-19/h8-10H,4-7,11-12,20H2,1-3H3,(H,21,22). The van der Waals surface area contributed by atoms with E-state index in [9.17, 15) is 4.79 Å². The largest absolute Gasteiger partial charge is 0.492 e. The van der Waals surface area contributed by atoms with Crippen LogP contribution < -0.4 is 15.8 Å². The van der Waals surface area contributed by atoms with Gasteiger partial charge in [0, 0.05) is 6.54 Å². The highest BCUT2D eigenvalue weighted by Gasteiger charge is 2.15. The summed E-state index contributed by atoms with van der Waals surface area (Å²) in [6.07, 6.45) is 3.37. The third-order valence-corrected chi connectivity index (χ3v) is 3.17. The highest BCUT2D eigenvalue weighted by atomic mass is 16.6. The highest BCUT2D eigenvalue weighted by molar-refractivity contribution is 5.67. The molecule has 0 heterocycles. The Labute approximate surface area is 143 Å². The molecule has 3 N–H and O–H groups in total. The molecule has 1 amide bonds. The van der Waals surface area contributed by atoms with Crippen molar-refractivity contribution in [3.8, 4) is 11.8 Å². The van der Waals surface area contributed by atoms with E-state index in [-0.39, 0.29) is 6.09 Å². The van der Waals surface area contributed by atoms with E-state index in [1.807, 2.05) is 20.8 Å². The van der Waals surface area contributed by atoms with Gasteiger partial charge in [0.1, 0.15) is 23.0 Å². The van der Waals surface area contributed by atoms with Crippen LogP contribution in [0.1, 0.15) is 52.0 Å². The molecule has 132 valence electrons. The number of ether oxygens (including phenoxy) is 2. The lowest BCUT2D eigenvalue weighted by Crippen LogP contribution is -2.32. The fourth-order valence-corrected chi connectivity index (χ4v) is 2.06. The number of carbonyl (C=O) groups is 1. The second-order valence-corrected chi connectivity index (χ2v) is 6.52. The van der Waals surface area contributed by atoms with E-state index in [1.54, 1.807) is 18.2 Å². The first-order valence-corrected chi connectivity index (χ1v) is 8.22. The molecule has 0 aliphatic carbocycles. The highest BCUT2D eigenvalue weighted by Crippen LogP contribution is 2.23. The fraction of sp³-hybridized carbons (Fsp3) is 0.556. The van der Waals surface area contributed by atoms with Crippen molar-refractivity contribution in [3.63, 3.8) is 0 Å². The van der Waals surface area contributed by atoms with Crippen molar-refractivity contribution in [2.45, 2.75) is 52.1 Å². The molecule has 0 aromatic heterocycles. The summed E-state index contributed by atoms with van der Waals surface area (Å²) in [7, 11) is 0. The Morgan fingerprint density at radius 2 is 1.96 bits per heavy atom. The lowest BCUT2D eigenvalue weighted by molar-refractivity contribution is 0.0527. The Hall–Kier alpha value is -2.42. The molecule has 6 nitrogen and oxygen atoms in total. The zero-order chi connectivity index (χ0) is 18.0. The van der Waals surface area contributed by atoms with Crippen LogP contribution in [0.3, 0.4) is 0 Å². The average molecular weight is 333 g/mol. The molecule has 0 spiro atoms. The third-order valence-electron chi connectivity index (χ3n) is 3.17. The zero-order valence-corrected chi connectivity index (χ0v) is 14.7. The lowest BCUT2D eigenvalue weighted by atomic mass is 10.1. The van der Waals surface area contributed by atoms with E-state index in [0.717, 1.165) is 25.7 Å². The van der Waals surface area contributed by atoms with Crippen LogP contribution in [0.15, 0.2) is 18.2 Å². The summed E-state index contributed by atoms with van der Waals surface area (Å²) < 4.78 is 10.8. The molecule has 1 aromatic carbocycles. The molecule has 0 aliphatic heterocycles. The van der Waals surface area contributed by atoms with Gasteiger partial charge in [0.15, 0.2) is 0 Å². The van der Waals surface area contributed by atoms with Crippen molar-refractivity contribution in [2.75, 3.05) is 18.9 Å². The van der Waals surface area contributed by atoms with Crippen LogP contribution in [-0.2, 0) is 4.74 Å². The van der Waals surface area contributed by atoms with Gasteiger partial charge in [0.05, 0.1) is 12.3 Å². The van der Waals surface area contributed by atoms with Gasteiger partial charge < -0.3 is 20.5 Å². The molecule has 0 saturated heterocycles. The number of nitriles is 1.